The molecule has 1 fully saturated rings. The molecular formula is C18H22N4O7S. The molecular weight excluding hydrogens is 416 g/mol. The Balaban J connectivity index is 1.67. The molecule has 0 amide bonds. The molecule has 162 valence electrons. The molecule has 11 nitrogen and oxygen atoms in total. The van der Waals surface area contributed by atoms with E-state index in [0.717, 1.165) is 0 Å². The van der Waals surface area contributed by atoms with Crippen LogP contribution in [0.4, 0.5) is 5.69 Å². The summed E-state index contributed by atoms with van der Waals surface area (Å²) in [5, 5.41) is 11.2. The van der Waals surface area contributed by atoms with Gasteiger partial charge < -0.3 is 14.0 Å². The molecule has 0 bridgehead atoms. The number of methoxy groups -OCH3 is 1. The first-order valence-electron chi connectivity index (χ1n) is 9.17. The molecule has 0 unspecified atom stereocenters. The zero-order valence-corrected chi connectivity index (χ0v) is 17.6. The number of hydrogen-bond acceptors (Lipinski definition) is 8. The molecule has 1 aromatic carbocycles. The Morgan fingerprint density at radius 3 is 2.50 bits per heavy atom. The van der Waals surface area contributed by atoms with Crippen LogP contribution < -0.4 is 9.47 Å². The maximum Gasteiger partial charge on any atom is 0.315 e. The number of carbonyl (C=O) groups excluding carboxylic acids is 1. The van der Waals surface area contributed by atoms with Gasteiger partial charge in [-0.1, -0.05) is 0 Å². The number of nitrogens with zero attached hydrogens (tertiary/aromatic N) is 4. The second-order valence-corrected chi connectivity index (χ2v) is 8.81. The molecule has 1 saturated heterocycles. The van der Waals surface area contributed by atoms with Crippen molar-refractivity contribution in [2.24, 2.45) is 13.0 Å². The average Bonchev–Trinajstić information content (AvgIpc) is 3.07. The van der Waals surface area contributed by atoms with Crippen molar-refractivity contribution in [2.75, 3.05) is 20.2 Å². The minimum Gasteiger partial charge on any atom is -0.496 e. The van der Waals surface area contributed by atoms with Crippen LogP contribution in [0.25, 0.3) is 0 Å². The van der Waals surface area contributed by atoms with Crippen molar-refractivity contribution in [3.63, 3.8) is 0 Å². The summed E-state index contributed by atoms with van der Waals surface area (Å²) in [6, 6.07) is 3.93. The van der Waals surface area contributed by atoms with E-state index in [1.54, 1.807) is 18.5 Å². The predicted molar refractivity (Wildman–Crippen MR) is 105 cm³/mol. The summed E-state index contributed by atoms with van der Waals surface area (Å²) in [5.74, 6) is -0.527. The number of benzene rings is 1. The van der Waals surface area contributed by atoms with Crippen LogP contribution in [-0.4, -0.2) is 53.4 Å². The fraction of sp³-hybridized carbons (Fsp3) is 0.444. The molecule has 1 aromatic heterocycles. The highest BCUT2D eigenvalue weighted by molar-refractivity contribution is 7.89. The molecule has 0 aliphatic carbocycles. The number of imidazole rings is 1. The van der Waals surface area contributed by atoms with E-state index in [2.05, 4.69) is 4.98 Å². The number of piperidine rings is 1. The van der Waals surface area contributed by atoms with E-state index in [1.165, 1.54) is 35.8 Å². The Morgan fingerprint density at radius 2 is 1.97 bits per heavy atom. The highest BCUT2D eigenvalue weighted by Gasteiger charge is 2.35. The van der Waals surface area contributed by atoms with Gasteiger partial charge in [-0.2, -0.15) is 4.31 Å². The third kappa shape index (κ3) is 4.28. The van der Waals surface area contributed by atoms with Crippen molar-refractivity contribution in [3.05, 3.63) is 40.3 Å². The first kappa shape index (κ1) is 21.7. The van der Waals surface area contributed by atoms with E-state index in [4.69, 9.17) is 9.47 Å². The van der Waals surface area contributed by atoms with Gasteiger partial charge >= 0.3 is 11.7 Å². The fourth-order valence-corrected chi connectivity index (χ4v) is 4.65. The van der Waals surface area contributed by atoms with Crippen LogP contribution in [0.5, 0.6) is 11.5 Å². The molecule has 12 heteroatoms. The van der Waals surface area contributed by atoms with Crippen LogP contribution >= 0.6 is 0 Å². The quantitative estimate of drug-likeness (QED) is 0.288. The highest BCUT2D eigenvalue weighted by Crippen LogP contribution is 2.32. The number of esters is 1. The third-order valence-electron chi connectivity index (χ3n) is 5.05. The van der Waals surface area contributed by atoms with Crippen molar-refractivity contribution in [1.82, 2.24) is 13.9 Å². The van der Waals surface area contributed by atoms with E-state index in [1.807, 2.05) is 0 Å². The van der Waals surface area contributed by atoms with E-state index >= 15 is 0 Å². The number of sulfonamides is 1. The standard InChI is InChI=1S/C18H22N4O7S/c1-12-19-17(11-20(12)2)30(26,27)21-8-6-13(7-9-21)18(23)29-16-5-4-14(28-3)10-15(16)22(24)25/h4-5,10-11,13H,6-9H2,1-3H3. The molecule has 2 aromatic rings. The van der Waals surface area contributed by atoms with Crippen LogP contribution in [0.2, 0.25) is 0 Å². The molecule has 0 atom stereocenters. The summed E-state index contributed by atoms with van der Waals surface area (Å²) < 4.78 is 38.6. The Bertz CT molecular complexity index is 1050. The van der Waals surface area contributed by atoms with E-state index in [9.17, 15) is 23.3 Å². The van der Waals surface area contributed by atoms with Crippen LogP contribution in [0, 0.1) is 23.0 Å². The molecule has 1 aliphatic heterocycles. The van der Waals surface area contributed by atoms with Crippen molar-refractivity contribution in [1.29, 1.82) is 0 Å². The smallest absolute Gasteiger partial charge is 0.315 e. The van der Waals surface area contributed by atoms with Gasteiger partial charge in [0.2, 0.25) is 5.75 Å². The lowest BCUT2D eigenvalue weighted by Crippen LogP contribution is -2.41. The fourth-order valence-electron chi connectivity index (χ4n) is 3.16. The zero-order valence-electron chi connectivity index (χ0n) is 16.8. The van der Waals surface area contributed by atoms with Gasteiger partial charge in [0.25, 0.3) is 10.0 Å². The van der Waals surface area contributed by atoms with Crippen molar-refractivity contribution in [3.8, 4) is 11.5 Å². The lowest BCUT2D eigenvalue weighted by molar-refractivity contribution is -0.385. The van der Waals surface area contributed by atoms with Crippen molar-refractivity contribution >= 4 is 21.7 Å². The number of ether oxygens (including phenoxy) is 2. The monoisotopic (exact) mass is 438 g/mol. The minimum absolute atomic E-state index is 0.0302. The number of rotatable bonds is 6. The van der Waals surface area contributed by atoms with Gasteiger partial charge in [0, 0.05) is 26.3 Å². The van der Waals surface area contributed by atoms with Crippen LogP contribution in [-0.2, 0) is 21.9 Å². The number of nitro benzene ring substituents is 1. The molecule has 0 N–H and O–H groups in total. The number of aryl methyl sites for hydroxylation is 2. The van der Waals surface area contributed by atoms with Crippen molar-refractivity contribution < 1.29 is 27.6 Å². The number of nitro groups is 1. The molecule has 1 aliphatic rings. The lowest BCUT2D eigenvalue weighted by atomic mass is 9.98. The van der Waals surface area contributed by atoms with Gasteiger partial charge in [-0.05, 0) is 31.9 Å². The average molecular weight is 438 g/mol. The third-order valence-corrected chi connectivity index (χ3v) is 6.82. The first-order chi connectivity index (χ1) is 14.1. The molecule has 2 heterocycles. The lowest BCUT2D eigenvalue weighted by Gasteiger charge is -2.29. The second kappa shape index (κ2) is 8.40. The Labute approximate surface area is 173 Å². The zero-order chi connectivity index (χ0) is 22.1. The predicted octanol–water partition coefficient (Wildman–Crippen LogP) is 1.65. The maximum absolute atomic E-state index is 12.7. The summed E-state index contributed by atoms with van der Waals surface area (Å²) >= 11 is 0. The van der Waals surface area contributed by atoms with Gasteiger partial charge in [-0.3, -0.25) is 14.9 Å². The number of aromatic nitrogens is 2. The summed E-state index contributed by atoms with van der Waals surface area (Å²) in [6.07, 6.45) is 1.94. The molecule has 30 heavy (non-hydrogen) atoms. The summed E-state index contributed by atoms with van der Waals surface area (Å²) in [6.45, 7) is 1.96. The molecule has 0 saturated carbocycles. The largest absolute Gasteiger partial charge is 0.496 e. The summed E-state index contributed by atoms with van der Waals surface area (Å²) in [7, 11) is -0.667. The van der Waals surface area contributed by atoms with Crippen LogP contribution in [0.3, 0.4) is 0 Å². The highest BCUT2D eigenvalue weighted by atomic mass is 32.2. The molecule has 0 radical (unpaired) electrons. The van der Waals surface area contributed by atoms with Crippen LogP contribution in [0.15, 0.2) is 29.4 Å². The van der Waals surface area contributed by atoms with Gasteiger partial charge in [-0.25, -0.2) is 13.4 Å². The van der Waals surface area contributed by atoms with Gasteiger partial charge in [0.1, 0.15) is 11.6 Å². The Morgan fingerprint density at radius 1 is 1.30 bits per heavy atom. The topological polar surface area (TPSA) is 134 Å². The SMILES string of the molecule is COc1ccc(OC(=O)C2CCN(S(=O)(=O)c3cn(C)c(C)n3)CC2)c([N+](=O)[O-])c1. The maximum atomic E-state index is 12.7. The normalized spacial score (nSPS) is 15.7. The van der Waals surface area contributed by atoms with Gasteiger partial charge in [0.05, 0.1) is 24.0 Å². The van der Waals surface area contributed by atoms with Gasteiger partial charge in [0.15, 0.2) is 5.03 Å². The van der Waals surface area contributed by atoms with E-state index in [-0.39, 0.29) is 48.1 Å². The van der Waals surface area contributed by atoms with E-state index in [0.29, 0.717) is 5.82 Å². The Kier molecular flexibility index (Phi) is 6.08. The number of carbonyl (C=O) groups is 1. The van der Waals surface area contributed by atoms with Crippen molar-refractivity contribution in [2.45, 2.75) is 24.8 Å². The summed E-state index contributed by atoms with van der Waals surface area (Å²) in [5.41, 5.74) is -0.381. The molecule has 0 spiro atoms. The van der Waals surface area contributed by atoms with E-state index < -0.39 is 26.8 Å². The summed E-state index contributed by atoms with van der Waals surface area (Å²) in [4.78, 5) is 27.2. The van der Waals surface area contributed by atoms with Crippen LogP contribution in [0.1, 0.15) is 18.7 Å². The molecule has 3 rings (SSSR count). The second-order valence-electron chi connectivity index (χ2n) is 6.93. The first-order valence-corrected chi connectivity index (χ1v) is 10.6. The minimum atomic E-state index is -3.75. The Hall–Kier alpha value is -2.99. The number of hydrogen-bond donors (Lipinski definition) is 0. The van der Waals surface area contributed by atoms with Gasteiger partial charge in [-0.15, -0.1) is 0 Å².